The van der Waals surface area contributed by atoms with Crippen LogP contribution in [-0.2, 0) is 9.53 Å². The van der Waals surface area contributed by atoms with E-state index >= 15 is 0 Å². The Morgan fingerprint density at radius 2 is 1.96 bits per heavy atom. The van der Waals surface area contributed by atoms with Gasteiger partial charge in [-0.15, -0.1) is 11.3 Å². The van der Waals surface area contributed by atoms with Crippen molar-refractivity contribution < 1.29 is 14.3 Å². The zero-order chi connectivity index (χ0) is 18.4. The molecule has 0 aliphatic rings. The molecule has 1 aromatic heterocycles. The van der Waals surface area contributed by atoms with E-state index in [1.165, 1.54) is 11.3 Å². The first-order valence-corrected chi connectivity index (χ1v) is 9.06. The van der Waals surface area contributed by atoms with Gasteiger partial charge in [-0.2, -0.15) is 0 Å². The van der Waals surface area contributed by atoms with Crippen molar-refractivity contribution >= 4 is 28.2 Å². The summed E-state index contributed by atoms with van der Waals surface area (Å²) >= 11 is 1.24. The van der Waals surface area contributed by atoms with Gasteiger partial charge in [0.05, 0.1) is 18.2 Å². The van der Waals surface area contributed by atoms with Crippen molar-refractivity contribution in [3.8, 4) is 0 Å². The number of carbonyl (C=O) groups is 2. The Balaban J connectivity index is 1.96. The quantitative estimate of drug-likeness (QED) is 0.762. The molecule has 0 fully saturated rings. The molecule has 134 valence electrons. The third-order valence-corrected chi connectivity index (χ3v) is 5.11. The third-order valence-electron chi connectivity index (χ3n) is 3.98. The summed E-state index contributed by atoms with van der Waals surface area (Å²) in [6, 6.07) is 12.0. The highest BCUT2D eigenvalue weighted by Crippen LogP contribution is 2.27. The highest BCUT2D eigenvalue weighted by molar-refractivity contribution is 7.18. The Morgan fingerprint density at radius 1 is 1.28 bits per heavy atom. The number of anilines is 1. The van der Waals surface area contributed by atoms with Crippen molar-refractivity contribution in [2.24, 2.45) is 0 Å². The van der Waals surface area contributed by atoms with Gasteiger partial charge in [0.1, 0.15) is 4.88 Å². The second-order valence-electron chi connectivity index (χ2n) is 5.89. The second-order valence-corrected chi connectivity index (χ2v) is 6.95. The van der Waals surface area contributed by atoms with Crippen molar-refractivity contribution in [2.45, 2.75) is 26.8 Å². The van der Waals surface area contributed by atoms with Crippen molar-refractivity contribution in [1.82, 2.24) is 4.90 Å². The summed E-state index contributed by atoms with van der Waals surface area (Å²) in [6.07, 6.45) is 0. The highest BCUT2D eigenvalue weighted by atomic mass is 32.1. The number of carbonyl (C=O) groups excluding carboxylic acids is 2. The highest BCUT2D eigenvalue weighted by Gasteiger charge is 2.18. The van der Waals surface area contributed by atoms with Crippen LogP contribution in [-0.4, -0.2) is 37.0 Å². The fraction of sp³-hybridized carbons (Fsp3) is 0.368. The predicted octanol–water partition coefficient (Wildman–Crippen LogP) is 3.86. The van der Waals surface area contributed by atoms with Crippen molar-refractivity contribution in [2.75, 3.05) is 25.5 Å². The topological polar surface area (TPSA) is 58.6 Å². The molecular formula is C19H24N2O3S. The minimum Gasteiger partial charge on any atom is -0.462 e. The van der Waals surface area contributed by atoms with Gasteiger partial charge in [0.15, 0.2) is 0 Å². The van der Waals surface area contributed by atoms with E-state index in [9.17, 15) is 9.59 Å². The number of nitrogens with zero attached hydrogens (tertiary/aromatic N) is 1. The van der Waals surface area contributed by atoms with Crippen molar-refractivity contribution in [3.63, 3.8) is 0 Å². The Labute approximate surface area is 152 Å². The first-order valence-electron chi connectivity index (χ1n) is 8.25. The van der Waals surface area contributed by atoms with Gasteiger partial charge in [0, 0.05) is 6.04 Å². The van der Waals surface area contributed by atoms with Gasteiger partial charge in [-0.1, -0.05) is 30.3 Å². The molecule has 1 heterocycles. The number of ether oxygens (including phenoxy) is 1. The van der Waals surface area contributed by atoms with Crippen molar-refractivity contribution in [1.29, 1.82) is 0 Å². The molecular weight excluding hydrogens is 336 g/mol. The van der Waals surface area contributed by atoms with Gasteiger partial charge in [-0.3, -0.25) is 9.69 Å². The number of benzene rings is 1. The summed E-state index contributed by atoms with van der Waals surface area (Å²) in [4.78, 5) is 26.7. The van der Waals surface area contributed by atoms with E-state index in [1.54, 1.807) is 13.0 Å². The van der Waals surface area contributed by atoms with E-state index in [-0.39, 0.29) is 24.5 Å². The van der Waals surface area contributed by atoms with Crippen LogP contribution in [0.1, 0.15) is 40.7 Å². The Hall–Kier alpha value is -2.18. The van der Waals surface area contributed by atoms with Gasteiger partial charge in [-0.05, 0) is 45.0 Å². The molecule has 1 atom stereocenters. The molecule has 2 aromatic rings. The number of nitrogens with one attached hydrogen (secondary N) is 1. The van der Waals surface area contributed by atoms with Crippen LogP contribution in [0, 0.1) is 6.92 Å². The summed E-state index contributed by atoms with van der Waals surface area (Å²) in [5, 5.41) is 3.53. The molecule has 25 heavy (non-hydrogen) atoms. The lowest BCUT2D eigenvalue weighted by Gasteiger charge is -2.24. The normalized spacial score (nSPS) is 12.0. The third kappa shape index (κ3) is 5.14. The number of amides is 1. The molecule has 0 aliphatic carbocycles. The van der Waals surface area contributed by atoms with Gasteiger partial charge < -0.3 is 10.1 Å². The smallest absolute Gasteiger partial charge is 0.348 e. The molecule has 6 heteroatoms. The lowest BCUT2D eigenvalue weighted by atomic mass is 10.1. The number of likely N-dealkylation sites (N-methyl/N-ethyl adjacent to an activating group) is 1. The van der Waals surface area contributed by atoms with Crippen LogP contribution in [0.15, 0.2) is 36.4 Å². The molecule has 1 aromatic carbocycles. The number of thiophene rings is 1. The maximum Gasteiger partial charge on any atom is 0.348 e. The van der Waals surface area contributed by atoms with E-state index in [1.807, 2.05) is 49.2 Å². The number of hydrogen-bond acceptors (Lipinski definition) is 5. The molecule has 2 rings (SSSR count). The first-order chi connectivity index (χ1) is 11.9. The molecule has 0 saturated carbocycles. The van der Waals surface area contributed by atoms with Crippen LogP contribution >= 0.6 is 11.3 Å². The fourth-order valence-electron chi connectivity index (χ4n) is 2.47. The van der Waals surface area contributed by atoms with E-state index in [4.69, 9.17) is 4.74 Å². The van der Waals surface area contributed by atoms with Gasteiger partial charge in [0.2, 0.25) is 5.91 Å². The van der Waals surface area contributed by atoms with Crippen molar-refractivity contribution in [3.05, 3.63) is 52.4 Å². The number of rotatable bonds is 7. The van der Waals surface area contributed by atoms with Crippen LogP contribution in [0.2, 0.25) is 0 Å². The Kier molecular flexibility index (Phi) is 6.73. The Morgan fingerprint density at radius 3 is 2.60 bits per heavy atom. The summed E-state index contributed by atoms with van der Waals surface area (Å²) in [5.41, 5.74) is 1.97. The maximum atomic E-state index is 12.3. The average molecular weight is 360 g/mol. The number of esters is 1. The molecule has 0 spiro atoms. The summed E-state index contributed by atoms with van der Waals surface area (Å²) < 4.78 is 5.02. The lowest BCUT2D eigenvalue weighted by Crippen LogP contribution is -2.32. The van der Waals surface area contributed by atoms with Gasteiger partial charge in [-0.25, -0.2) is 4.79 Å². The van der Waals surface area contributed by atoms with E-state index in [2.05, 4.69) is 12.2 Å². The Bertz CT molecular complexity index is 728. The van der Waals surface area contributed by atoms with Crippen LogP contribution in [0.25, 0.3) is 0 Å². The minimum absolute atomic E-state index is 0.109. The second kappa shape index (κ2) is 8.78. The minimum atomic E-state index is -0.347. The lowest BCUT2D eigenvalue weighted by molar-refractivity contribution is -0.117. The van der Waals surface area contributed by atoms with Gasteiger partial charge >= 0.3 is 5.97 Å². The van der Waals surface area contributed by atoms with E-state index in [0.717, 1.165) is 11.1 Å². The first kappa shape index (κ1) is 19.1. The molecule has 0 radical (unpaired) electrons. The molecule has 1 N–H and O–H groups in total. The molecule has 0 bridgehead atoms. The van der Waals surface area contributed by atoms with Crippen LogP contribution in [0.3, 0.4) is 0 Å². The van der Waals surface area contributed by atoms with Crippen LogP contribution < -0.4 is 5.32 Å². The molecule has 5 nitrogen and oxygen atoms in total. The molecule has 0 aliphatic heterocycles. The number of aryl methyl sites for hydroxylation is 1. The molecule has 0 saturated heterocycles. The predicted molar refractivity (Wildman–Crippen MR) is 101 cm³/mol. The SMILES string of the molecule is CCOC(=O)c1sc(NC(=O)CN(C)[C@@H](C)c2ccccc2)cc1C. The van der Waals surface area contributed by atoms with Gasteiger partial charge in [0.25, 0.3) is 0 Å². The fourth-order valence-corrected chi connectivity index (χ4v) is 3.45. The zero-order valence-electron chi connectivity index (χ0n) is 15.0. The largest absolute Gasteiger partial charge is 0.462 e. The number of hydrogen-bond donors (Lipinski definition) is 1. The van der Waals surface area contributed by atoms with Crippen LogP contribution in [0.4, 0.5) is 5.00 Å². The summed E-state index contributed by atoms with van der Waals surface area (Å²) in [6.45, 7) is 6.27. The van der Waals surface area contributed by atoms with E-state index in [0.29, 0.717) is 16.5 Å². The zero-order valence-corrected chi connectivity index (χ0v) is 15.9. The summed E-state index contributed by atoms with van der Waals surface area (Å²) in [5.74, 6) is -0.456. The monoisotopic (exact) mass is 360 g/mol. The molecule has 0 unspecified atom stereocenters. The van der Waals surface area contributed by atoms with Crippen LogP contribution in [0.5, 0.6) is 0 Å². The average Bonchev–Trinajstić information content (AvgIpc) is 2.95. The summed E-state index contributed by atoms with van der Waals surface area (Å²) in [7, 11) is 1.92. The molecule has 1 amide bonds. The standard InChI is InChI=1S/C19H24N2O3S/c1-5-24-19(23)18-13(2)11-17(25-18)20-16(22)12-21(4)14(3)15-9-7-6-8-10-15/h6-11,14H,5,12H2,1-4H3,(H,20,22)/t14-/m0/s1. The maximum absolute atomic E-state index is 12.3. The van der Waals surface area contributed by atoms with E-state index < -0.39 is 0 Å².